The molecule has 0 aromatic heterocycles. The van der Waals surface area contributed by atoms with Gasteiger partial charge in [-0.05, 0) is 43.2 Å². The molecule has 3 aromatic rings. The number of hydrogen-bond donors (Lipinski definition) is 2. The molecule has 0 aliphatic heterocycles. The van der Waals surface area contributed by atoms with E-state index in [0.717, 1.165) is 24.0 Å². The molecule has 0 fully saturated rings. The van der Waals surface area contributed by atoms with Gasteiger partial charge in [0.25, 0.3) is 5.91 Å². The van der Waals surface area contributed by atoms with E-state index in [9.17, 15) is 26.8 Å². The first-order valence-electron chi connectivity index (χ1n) is 10.7. The maximum Gasteiger partial charge on any atom is 0.253 e. The number of amides is 2. The Kier molecular flexibility index (Phi) is 8.18. The van der Waals surface area contributed by atoms with E-state index in [1.54, 1.807) is 12.1 Å². The number of sulfonamides is 1. The first-order chi connectivity index (χ1) is 16.6. The highest BCUT2D eigenvalue weighted by Gasteiger charge is 2.30. The lowest BCUT2D eigenvalue weighted by Gasteiger charge is -2.28. The third-order valence-electron chi connectivity index (χ3n) is 5.22. The van der Waals surface area contributed by atoms with Crippen LogP contribution >= 0.6 is 0 Å². The molecule has 10 heteroatoms. The summed E-state index contributed by atoms with van der Waals surface area (Å²) in [5.41, 5.74) is 1.22. The standard InChI is InChI=1S/C25H25F2N3O4S/c1-17(30(35(2,33)34)19-12-13-21(26)22(27)16-19)24(31)29-23-11-7-6-10-20(23)25(32)28-15-14-18-8-4-3-5-9-18/h3-13,16-17H,14-15H2,1-2H3,(H,28,32)(H,29,31)/t17-/m1/s1. The number of carbonyl (C=O) groups excluding carboxylic acids is 2. The molecule has 0 saturated carbocycles. The molecule has 3 rings (SSSR count). The number of carbonyl (C=O) groups is 2. The van der Waals surface area contributed by atoms with E-state index in [1.807, 2.05) is 30.3 Å². The Morgan fingerprint density at radius 1 is 0.943 bits per heavy atom. The molecule has 0 spiro atoms. The molecule has 0 aliphatic carbocycles. The van der Waals surface area contributed by atoms with Crippen LogP contribution in [-0.2, 0) is 21.2 Å². The van der Waals surface area contributed by atoms with E-state index in [0.29, 0.717) is 23.3 Å². The highest BCUT2D eigenvalue weighted by atomic mass is 32.2. The average molecular weight is 502 g/mol. The molecular weight excluding hydrogens is 476 g/mol. The van der Waals surface area contributed by atoms with Crippen LogP contribution in [0.25, 0.3) is 0 Å². The summed E-state index contributed by atoms with van der Waals surface area (Å²) in [5.74, 6) is -3.57. The van der Waals surface area contributed by atoms with Crippen LogP contribution in [0, 0.1) is 11.6 Å². The van der Waals surface area contributed by atoms with E-state index < -0.39 is 39.5 Å². The van der Waals surface area contributed by atoms with Gasteiger partial charge in [0, 0.05) is 12.6 Å². The number of rotatable bonds is 9. The molecular formula is C25H25F2N3O4S. The molecule has 0 radical (unpaired) electrons. The average Bonchev–Trinajstić information content (AvgIpc) is 2.81. The molecule has 0 unspecified atom stereocenters. The lowest BCUT2D eigenvalue weighted by atomic mass is 10.1. The summed E-state index contributed by atoms with van der Waals surface area (Å²) in [7, 11) is -4.04. The molecule has 1 atom stereocenters. The normalized spacial score (nSPS) is 12.0. The van der Waals surface area contributed by atoms with E-state index in [1.165, 1.54) is 19.1 Å². The Bertz CT molecular complexity index is 1320. The van der Waals surface area contributed by atoms with E-state index in [2.05, 4.69) is 10.6 Å². The molecule has 0 heterocycles. The smallest absolute Gasteiger partial charge is 0.253 e. The first kappa shape index (κ1) is 25.8. The SMILES string of the molecule is C[C@H](C(=O)Nc1ccccc1C(=O)NCCc1ccccc1)N(c1ccc(F)c(F)c1)S(C)(=O)=O. The van der Waals surface area contributed by atoms with Crippen LogP contribution in [0.1, 0.15) is 22.8 Å². The Hall–Kier alpha value is -3.79. The van der Waals surface area contributed by atoms with Crippen molar-refractivity contribution < 1.29 is 26.8 Å². The molecule has 2 N–H and O–H groups in total. The molecule has 0 saturated heterocycles. The number of nitrogens with one attached hydrogen (secondary N) is 2. The Labute approximate surface area is 202 Å². The van der Waals surface area contributed by atoms with Crippen molar-refractivity contribution in [3.63, 3.8) is 0 Å². The van der Waals surface area contributed by atoms with E-state index >= 15 is 0 Å². The second-order valence-electron chi connectivity index (χ2n) is 7.86. The third-order valence-corrected chi connectivity index (χ3v) is 6.46. The monoisotopic (exact) mass is 501 g/mol. The first-order valence-corrected chi connectivity index (χ1v) is 12.6. The quantitative estimate of drug-likeness (QED) is 0.467. The molecule has 2 amide bonds. The summed E-state index contributed by atoms with van der Waals surface area (Å²) in [5, 5.41) is 5.37. The minimum atomic E-state index is -4.04. The fraction of sp³-hybridized carbons (Fsp3) is 0.200. The van der Waals surface area contributed by atoms with Crippen molar-refractivity contribution >= 4 is 33.2 Å². The number of anilines is 2. The Morgan fingerprint density at radius 2 is 1.60 bits per heavy atom. The third kappa shape index (κ3) is 6.63. The lowest BCUT2D eigenvalue weighted by Crippen LogP contribution is -2.45. The van der Waals surface area contributed by atoms with Crippen LogP contribution in [0.5, 0.6) is 0 Å². The highest BCUT2D eigenvalue weighted by molar-refractivity contribution is 7.92. The van der Waals surface area contributed by atoms with Gasteiger partial charge in [-0.15, -0.1) is 0 Å². The van der Waals surface area contributed by atoms with Crippen molar-refractivity contribution in [3.05, 3.63) is 95.6 Å². The number of nitrogens with zero attached hydrogens (tertiary/aromatic N) is 1. The van der Waals surface area contributed by atoms with E-state index in [-0.39, 0.29) is 16.9 Å². The maximum absolute atomic E-state index is 13.7. The van der Waals surface area contributed by atoms with Crippen LogP contribution in [0.4, 0.5) is 20.2 Å². The Morgan fingerprint density at radius 3 is 2.26 bits per heavy atom. The number of halogens is 2. The highest BCUT2D eigenvalue weighted by Crippen LogP contribution is 2.24. The van der Waals surface area contributed by atoms with Crippen LogP contribution in [0.3, 0.4) is 0 Å². The van der Waals surface area contributed by atoms with Gasteiger partial charge in [-0.3, -0.25) is 13.9 Å². The van der Waals surface area contributed by atoms with Gasteiger partial charge in [0.05, 0.1) is 23.2 Å². The molecule has 0 aliphatic rings. The van der Waals surface area contributed by atoms with E-state index in [4.69, 9.17) is 0 Å². The van der Waals surface area contributed by atoms with Crippen molar-refractivity contribution in [2.24, 2.45) is 0 Å². The zero-order valence-electron chi connectivity index (χ0n) is 19.2. The fourth-order valence-corrected chi connectivity index (χ4v) is 4.69. The van der Waals surface area contributed by atoms with Gasteiger partial charge in [-0.25, -0.2) is 17.2 Å². The Balaban J connectivity index is 1.76. The van der Waals surface area contributed by atoms with Gasteiger partial charge >= 0.3 is 0 Å². The van der Waals surface area contributed by atoms with Crippen LogP contribution in [0.2, 0.25) is 0 Å². The second kappa shape index (κ2) is 11.1. The predicted molar refractivity (Wildman–Crippen MR) is 131 cm³/mol. The zero-order chi connectivity index (χ0) is 25.6. The zero-order valence-corrected chi connectivity index (χ0v) is 20.0. The van der Waals surface area contributed by atoms with Crippen molar-refractivity contribution in [1.29, 1.82) is 0 Å². The van der Waals surface area contributed by atoms with Gasteiger partial charge in [-0.1, -0.05) is 42.5 Å². The topological polar surface area (TPSA) is 95.6 Å². The summed E-state index contributed by atoms with van der Waals surface area (Å²) in [6.07, 6.45) is 1.47. The van der Waals surface area contributed by atoms with Crippen molar-refractivity contribution in [1.82, 2.24) is 5.32 Å². The van der Waals surface area contributed by atoms with Crippen molar-refractivity contribution in [2.45, 2.75) is 19.4 Å². The van der Waals surface area contributed by atoms with Crippen LogP contribution < -0.4 is 14.9 Å². The van der Waals surface area contributed by atoms with Gasteiger partial charge in [0.15, 0.2) is 11.6 Å². The maximum atomic E-state index is 13.7. The number of benzene rings is 3. The molecule has 184 valence electrons. The summed E-state index contributed by atoms with van der Waals surface area (Å²) in [4.78, 5) is 25.7. The molecule has 7 nitrogen and oxygen atoms in total. The molecule has 0 bridgehead atoms. The summed E-state index contributed by atoms with van der Waals surface area (Å²) in [6, 6.07) is 17.1. The van der Waals surface area contributed by atoms with Gasteiger partial charge in [0.2, 0.25) is 15.9 Å². The minimum Gasteiger partial charge on any atom is -0.352 e. The predicted octanol–water partition coefficient (Wildman–Crippen LogP) is 3.73. The van der Waals surface area contributed by atoms with Gasteiger partial charge in [0.1, 0.15) is 6.04 Å². The minimum absolute atomic E-state index is 0.181. The number of para-hydroxylation sites is 1. The van der Waals surface area contributed by atoms with Gasteiger partial charge in [-0.2, -0.15) is 0 Å². The largest absolute Gasteiger partial charge is 0.352 e. The number of hydrogen-bond acceptors (Lipinski definition) is 4. The summed E-state index contributed by atoms with van der Waals surface area (Å²) in [6.45, 7) is 1.68. The lowest BCUT2D eigenvalue weighted by molar-refractivity contribution is -0.116. The molecule has 3 aromatic carbocycles. The second-order valence-corrected chi connectivity index (χ2v) is 9.72. The van der Waals surface area contributed by atoms with Crippen LogP contribution in [-0.4, -0.2) is 39.1 Å². The summed E-state index contributed by atoms with van der Waals surface area (Å²) >= 11 is 0. The molecule has 35 heavy (non-hydrogen) atoms. The van der Waals surface area contributed by atoms with Crippen molar-refractivity contribution in [3.8, 4) is 0 Å². The van der Waals surface area contributed by atoms with Crippen molar-refractivity contribution in [2.75, 3.05) is 22.4 Å². The van der Waals surface area contributed by atoms with Gasteiger partial charge < -0.3 is 10.6 Å². The van der Waals surface area contributed by atoms with Crippen LogP contribution in [0.15, 0.2) is 72.8 Å². The summed E-state index contributed by atoms with van der Waals surface area (Å²) < 4.78 is 52.6. The fourth-order valence-electron chi connectivity index (χ4n) is 3.52.